The first kappa shape index (κ1) is 14.2. The third-order valence-corrected chi connectivity index (χ3v) is 3.26. The van der Waals surface area contributed by atoms with Gasteiger partial charge in [-0.15, -0.1) is 0 Å². The van der Waals surface area contributed by atoms with Crippen LogP contribution in [-0.2, 0) is 4.79 Å². The van der Waals surface area contributed by atoms with Crippen LogP contribution in [0, 0.1) is 5.92 Å². The normalized spacial score (nSPS) is 14.0. The molecule has 0 fully saturated rings. The van der Waals surface area contributed by atoms with E-state index < -0.39 is 11.4 Å². The van der Waals surface area contributed by atoms with Gasteiger partial charge in [-0.3, -0.25) is 14.6 Å². The predicted molar refractivity (Wildman–Crippen MR) is 68.8 cm³/mol. The minimum atomic E-state index is -1.01. The minimum Gasteiger partial charge on any atom is -0.368 e. The summed E-state index contributed by atoms with van der Waals surface area (Å²) in [4.78, 5) is 27.6. The lowest BCUT2D eigenvalue weighted by molar-refractivity contribution is -0.126. The highest BCUT2D eigenvalue weighted by molar-refractivity contribution is 5.98. The summed E-state index contributed by atoms with van der Waals surface area (Å²) in [6.45, 7) is 5.56. The van der Waals surface area contributed by atoms with Gasteiger partial charge in [0.15, 0.2) is 0 Å². The molecule has 1 atom stereocenters. The predicted octanol–water partition coefficient (Wildman–Crippen LogP) is 1.10. The van der Waals surface area contributed by atoms with Gasteiger partial charge in [-0.1, -0.05) is 20.8 Å². The molecule has 0 aliphatic carbocycles. The number of amides is 2. The fourth-order valence-electron chi connectivity index (χ4n) is 1.94. The molecule has 0 saturated carbocycles. The van der Waals surface area contributed by atoms with Gasteiger partial charge in [-0.05, 0) is 24.5 Å². The number of primary amides is 1. The van der Waals surface area contributed by atoms with Gasteiger partial charge in [0.2, 0.25) is 5.91 Å². The smallest absolute Gasteiger partial charge is 0.252 e. The van der Waals surface area contributed by atoms with Gasteiger partial charge in [0.05, 0.1) is 0 Å². The van der Waals surface area contributed by atoms with Crippen molar-refractivity contribution in [1.29, 1.82) is 0 Å². The van der Waals surface area contributed by atoms with Crippen LogP contribution in [0.4, 0.5) is 0 Å². The van der Waals surface area contributed by atoms with Crippen LogP contribution < -0.4 is 11.1 Å². The molecule has 1 rings (SSSR count). The van der Waals surface area contributed by atoms with Crippen LogP contribution in [0.1, 0.15) is 37.6 Å². The molecule has 1 aromatic heterocycles. The van der Waals surface area contributed by atoms with Crippen molar-refractivity contribution in [2.45, 2.75) is 32.7 Å². The largest absolute Gasteiger partial charge is 0.368 e. The summed E-state index contributed by atoms with van der Waals surface area (Å²) < 4.78 is 0. The molecule has 3 N–H and O–H groups in total. The summed E-state index contributed by atoms with van der Waals surface area (Å²) in [5, 5.41) is 2.75. The molecule has 18 heavy (non-hydrogen) atoms. The van der Waals surface area contributed by atoms with Crippen LogP contribution in [0.2, 0.25) is 0 Å². The number of rotatable bonds is 5. The molecule has 0 spiro atoms. The lowest BCUT2D eigenvalue weighted by Gasteiger charge is -2.34. The Labute approximate surface area is 107 Å². The number of carbonyl (C=O) groups excluding carboxylic acids is 2. The molecule has 0 aliphatic rings. The zero-order valence-corrected chi connectivity index (χ0v) is 10.9. The van der Waals surface area contributed by atoms with Gasteiger partial charge in [-0.25, -0.2) is 0 Å². The molecular formula is C13H19N3O2. The van der Waals surface area contributed by atoms with E-state index in [1.807, 2.05) is 20.8 Å². The summed E-state index contributed by atoms with van der Waals surface area (Å²) >= 11 is 0. The first-order valence-electron chi connectivity index (χ1n) is 5.96. The molecule has 1 aromatic rings. The number of pyridine rings is 1. The van der Waals surface area contributed by atoms with Crippen molar-refractivity contribution >= 4 is 11.8 Å². The van der Waals surface area contributed by atoms with E-state index in [2.05, 4.69) is 10.3 Å². The van der Waals surface area contributed by atoms with E-state index in [1.54, 1.807) is 12.1 Å². The van der Waals surface area contributed by atoms with Crippen molar-refractivity contribution < 1.29 is 9.59 Å². The van der Waals surface area contributed by atoms with Crippen LogP contribution in [0.3, 0.4) is 0 Å². The van der Waals surface area contributed by atoms with E-state index in [9.17, 15) is 9.59 Å². The van der Waals surface area contributed by atoms with Gasteiger partial charge in [0.1, 0.15) is 5.54 Å². The van der Waals surface area contributed by atoms with Crippen molar-refractivity contribution in [1.82, 2.24) is 10.3 Å². The maximum absolute atomic E-state index is 12.1. The van der Waals surface area contributed by atoms with Crippen LogP contribution in [0.15, 0.2) is 24.5 Å². The van der Waals surface area contributed by atoms with Crippen molar-refractivity contribution in [2.75, 3.05) is 0 Å². The average Bonchev–Trinajstić information content (AvgIpc) is 2.36. The van der Waals surface area contributed by atoms with Gasteiger partial charge >= 0.3 is 0 Å². The summed E-state index contributed by atoms with van der Waals surface area (Å²) in [7, 11) is 0. The highest BCUT2D eigenvalue weighted by Gasteiger charge is 2.39. The molecule has 0 aliphatic heterocycles. The Balaban J connectivity index is 2.99. The minimum absolute atomic E-state index is 0.0780. The Morgan fingerprint density at radius 3 is 2.33 bits per heavy atom. The van der Waals surface area contributed by atoms with E-state index in [1.165, 1.54) is 12.4 Å². The number of nitrogens with two attached hydrogens (primary N) is 1. The van der Waals surface area contributed by atoms with Gasteiger partial charge in [-0.2, -0.15) is 0 Å². The second kappa shape index (κ2) is 5.62. The third kappa shape index (κ3) is 2.67. The van der Waals surface area contributed by atoms with E-state index >= 15 is 0 Å². The van der Waals surface area contributed by atoms with Crippen molar-refractivity contribution in [2.24, 2.45) is 11.7 Å². The van der Waals surface area contributed by atoms with E-state index in [-0.39, 0.29) is 11.8 Å². The van der Waals surface area contributed by atoms with Gasteiger partial charge in [0, 0.05) is 18.0 Å². The Bertz CT molecular complexity index is 431. The van der Waals surface area contributed by atoms with Gasteiger partial charge < -0.3 is 11.1 Å². The molecule has 0 radical (unpaired) electrons. The molecule has 0 aromatic carbocycles. The molecule has 98 valence electrons. The summed E-state index contributed by atoms with van der Waals surface area (Å²) in [5.74, 6) is -0.903. The second-order valence-corrected chi connectivity index (χ2v) is 4.53. The Kier molecular flexibility index (Phi) is 4.42. The highest BCUT2D eigenvalue weighted by Crippen LogP contribution is 2.21. The fourth-order valence-corrected chi connectivity index (χ4v) is 1.94. The molecule has 5 heteroatoms. The summed E-state index contributed by atoms with van der Waals surface area (Å²) in [6, 6.07) is 3.19. The van der Waals surface area contributed by atoms with E-state index in [0.717, 1.165) is 0 Å². The summed E-state index contributed by atoms with van der Waals surface area (Å²) in [5.41, 5.74) is 4.89. The number of hydrogen-bond acceptors (Lipinski definition) is 3. The molecule has 0 bridgehead atoms. The number of hydrogen-bond donors (Lipinski definition) is 2. The first-order valence-corrected chi connectivity index (χ1v) is 5.96. The zero-order valence-electron chi connectivity index (χ0n) is 10.9. The monoisotopic (exact) mass is 249 g/mol. The Hall–Kier alpha value is -1.91. The maximum atomic E-state index is 12.1. The molecule has 1 heterocycles. The molecule has 2 amide bonds. The number of nitrogens with zero attached hydrogens (tertiary/aromatic N) is 1. The summed E-state index contributed by atoms with van der Waals surface area (Å²) in [6.07, 6.45) is 3.52. The van der Waals surface area contributed by atoms with Crippen molar-refractivity contribution in [3.8, 4) is 0 Å². The van der Waals surface area contributed by atoms with Crippen molar-refractivity contribution in [3.63, 3.8) is 0 Å². The first-order chi connectivity index (χ1) is 8.44. The Morgan fingerprint density at radius 1 is 1.39 bits per heavy atom. The van der Waals surface area contributed by atoms with Crippen LogP contribution in [0.25, 0.3) is 0 Å². The second-order valence-electron chi connectivity index (χ2n) is 4.53. The molecule has 0 unspecified atom stereocenters. The zero-order chi connectivity index (χ0) is 13.8. The van der Waals surface area contributed by atoms with Crippen LogP contribution >= 0.6 is 0 Å². The number of nitrogens with one attached hydrogen (secondary N) is 1. The van der Waals surface area contributed by atoms with Crippen LogP contribution in [0.5, 0.6) is 0 Å². The molecule has 0 saturated heterocycles. The third-order valence-electron chi connectivity index (χ3n) is 3.26. The topological polar surface area (TPSA) is 85.1 Å². The number of carbonyl (C=O) groups is 2. The lowest BCUT2D eigenvalue weighted by atomic mass is 9.83. The quantitative estimate of drug-likeness (QED) is 0.819. The highest BCUT2D eigenvalue weighted by atomic mass is 16.2. The fraction of sp³-hybridized carbons (Fsp3) is 0.462. The standard InChI is InChI=1S/C13H19N3O2/c1-4-13(9(2)3,12(14)18)16-11(17)10-5-7-15-8-6-10/h5-9H,4H2,1-3H3,(H2,14,18)(H,16,17)/t13-/m0/s1. The molecular weight excluding hydrogens is 230 g/mol. The maximum Gasteiger partial charge on any atom is 0.252 e. The Morgan fingerprint density at radius 2 is 1.94 bits per heavy atom. The van der Waals surface area contributed by atoms with Crippen LogP contribution in [-0.4, -0.2) is 22.3 Å². The average molecular weight is 249 g/mol. The van der Waals surface area contributed by atoms with E-state index in [4.69, 9.17) is 5.73 Å². The molecule has 5 nitrogen and oxygen atoms in total. The number of aromatic nitrogens is 1. The van der Waals surface area contributed by atoms with E-state index in [0.29, 0.717) is 12.0 Å². The van der Waals surface area contributed by atoms with Crippen molar-refractivity contribution in [3.05, 3.63) is 30.1 Å². The van der Waals surface area contributed by atoms with Gasteiger partial charge in [0.25, 0.3) is 5.91 Å². The lowest BCUT2D eigenvalue weighted by Crippen LogP contribution is -2.60. The SMILES string of the molecule is CC[C@@](NC(=O)c1ccncc1)(C(N)=O)C(C)C.